The highest BCUT2D eigenvalue weighted by Gasteiger charge is 2.43. The van der Waals surface area contributed by atoms with Crippen molar-refractivity contribution in [1.82, 2.24) is 4.90 Å². The van der Waals surface area contributed by atoms with Gasteiger partial charge in [-0.1, -0.05) is 30.3 Å². The first-order valence-corrected chi connectivity index (χ1v) is 6.29. The quantitative estimate of drug-likeness (QED) is 0.875. The lowest BCUT2D eigenvalue weighted by Crippen LogP contribution is -2.50. The Morgan fingerprint density at radius 1 is 1.21 bits per heavy atom. The molecule has 5 nitrogen and oxygen atoms in total. The van der Waals surface area contributed by atoms with E-state index < -0.39 is 17.5 Å². The molecule has 5 heteroatoms. The van der Waals surface area contributed by atoms with Crippen LogP contribution in [0.25, 0.3) is 0 Å². The first-order valence-electron chi connectivity index (χ1n) is 6.29. The normalized spacial score (nSPS) is 23.1. The highest BCUT2D eigenvalue weighted by Crippen LogP contribution is 2.34. The van der Waals surface area contributed by atoms with Crippen molar-refractivity contribution in [1.29, 1.82) is 0 Å². The molecule has 1 atom stereocenters. The van der Waals surface area contributed by atoms with Gasteiger partial charge in [0.25, 0.3) is 0 Å². The number of carboxylic acids is 1. The molecule has 1 aliphatic heterocycles. The second kappa shape index (κ2) is 5.30. The zero-order chi connectivity index (χ0) is 13.9. The number of carboxylic acid groups (broad SMARTS) is 2. The first-order chi connectivity index (χ1) is 9.03. The summed E-state index contributed by atoms with van der Waals surface area (Å²) in [5, 5.41) is 18.6. The van der Waals surface area contributed by atoms with Crippen molar-refractivity contribution in [2.24, 2.45) is 5.41 Å². The van der Waals surface area contributed by atoms with Crippen LogP contribution in [-0.4, -0.2) is 40.3 Å². The molecule has 1 amide bonds. The number of benzene rings is 1. The molecule has 0 radical (unpaired) electrons. The summed E-state index contributed by atoms with van der Waals surface area (Å²) in [4.78, 5) is 23.9. The molecular weight excluding hydrogens is 246 g/mol. The van der Waals surface area contributed by atoms with Crippen LogP contribution >= 0.6 is 0 Å². The third kappa shape index (κ3) is 2.86. The SMILES string of the molecule is O=C(O)N1CCC[C@@](Cc2ccccc2)(C(=O)O)C1. The lowest BCUT2D eigenvalue weighted by atomic mass is 9.75. The number of aliphatic carboxylic acids is 1. The van der Waals surface area contributed by atoms with Gasteiger partial charge in [-0.15, -0.1) is 0 Å². The van der Waals surface area contributed by atoms with Gasteiger partial charge in [-0.3, -0.25) is 4.79 Å². The number of likely N-dealkylation sites (tertiary alicyclic amines) is 1. The molecule has 0 unspecified atom stereocenters. The highest BCUT2D eigenvalue weighted by molar-refractivity contribution is 5.77. The molecule has 1 saturated heterocycles. The Morgan fingerprint density at radius 2 is 1.89 bits per heavy atom. The fourth-order valence-corrected chi connectivity index (χ4v) is 2.68. The van der Waals surface area contributed by atoms with Crippen molar-refractivity contribution >= 4 is 12.1 Å². The van der Waals surface area contributed by atoms with Gasteiger partial charge in [0.2, 0.25) is 0 Å². The zero-order valence-corrected chi connectivity index (χ0v) is 10.6. The summed E-state index contributed by atoms with van der Waals surface area (Å²) in [6.07, 6.45) is 0.428. The lowest BCUT2D eigenvalue weighted by Gasteiger charge is -2.38. The molecule has 1 aliphatic rings. The third-order valence-electron chi connectivity index (χ3n) is 3.69. The fraction of sp³-hybridized carbons (Fsp3) is 0.429. The standard InChI is InChI=1S/C14H17NO4/c16-12(17)14(9-11-5-2-1-3-6-11)7-4-8-15(10-14)13(18)19/h1-3,5-6H,4,7-10H2,(H,16,17)(H,18,19)/t14-/m0/s1. The Kier molecular flexibility index (Phi) is 3.74. The van der Waals surface area contributed by atoms with E-state index >= 15 is 0 Å². The van der Waals surface area contributed by atoms with E-state index in [9.17, 15) is 14.7 Å². The van der Waals surface area contributed by atoms with Crippen LogP contribution in [-0.2, 0) is 11.2 Å². The molecule has 2 N–H and O–H groups in total. The van der Waals surface area contributed by atoms with E-state index in [4.69, 9.17) is 5.11 Å². The van der Waals surface area contributed by atoms with E-state index in [0.29, 0.717) is 25.8 Å². The lowest BCUT2D eigenvalue weighted by molar-refractivity contribution is -0.151. The largest absolute Gasteiger partial charge is 0.481 e. The summed E-state index contributed by atoms with van der Waals surface area (Å²) in [6, 6.07) is 9.36. The van der Waals surface area contributed by atoms with Crippen molar-refractivity contribution in [3.63, 3.8) is 0 Å². The highest BCUT2D eigenvalue weighted by atomic mass is 16.4. The van der Waals surface area contributed by atoms with Gasteiger partial charge in [-0.2, -0.15) is 0 Å². The molecule has 0 bridgehead atoms. The predicted octanol–water partition coefficient (Wildman–Crippen LogP) is 2.07. The molecular formula is C14H17NO4. The molecule has 2 rings (SSSR count). The topological polar surface area (TPSA) is 77.8 Å². The summed E-state index contributed by atoms with van der Waals surface area (Å²) in [7, 11) is 0. The van der Waals surface area contributed by atoms with Crippen LogP contribution in [0.4, 0.5) is 4.79 Å². The average molecular weight is 263 g/mol. The Labute approximate surface area is 111 Å². The number of hydrogen-bond donors (Lipinski definition) is 2. The maximum atomic E-state index is 11.6. The van der Waals surface area contributed by atoms with Crippen molar-refractivity contribution in [3.8, 4) is 0 Å². The summed E-state index contributed by atoms with van der Waals surface area (Å²) >= 11 is 0. The monoisotopic (exact) mass is 263 g/mol. The fourth-order valence-electron chi connectivity index (χ4n) is 2.68. The minimum Gasteiger partial charge on any atom is -0.481 e. The minimum absolute atomic E-state index is 0.0621. The van der Waals surface area contributed by atoms with E-state index in [2.05, 4.69) is 0 Å². The first kappa shape index (κ1) is 13.4. The molecule has 102 valence electrons. The van der Waals surface area contributed by atoms with Gasteiger partial charge in [0.1, 0.15) is 0 Å². The number of piperidine rings is 1. The van der Waals surface area contributed by atoms with E-state index in [-0.39, 0.29) is 6.54 Å². The Morgan fingerprint density at radius 3 is 2.47 bits per heavy atom. The summed E-state index contributed by atoms with van der Waals surface area (Å²) in [6.45, 7) is 0.478. The number of hydrogen-bond acceptors (Lipinski definition) is 2. The molecule has 0 saturated carbocycles. The Hall–Kier alpha value is -2.04. The molecule has 0 spiro atoms. The van der Waals surface area contributed by atoms with Gasteiger partial charge in [-0.25, -0.2) is 4.79 Å². The number of carbonyl (C=O) groups is 2. The van der Waals surface area contributed by atoms with E-state index in [1.165, 1.54) is 4.90 Å². The Bertz CT molecular complexity index is 474. The van der Waals surface area contributed by atoms with Gasteiger partial charge in [0.15, 0.2) is 0 Å². The van der Waals surface area contributed by atoms with E-state index in [1.54, 1.807) is 0 Å². The Balaban J connectivity index is 2.23. The van der Waals surface area contributed by atoms with Gasteiger partial charge >= 0.3 is 12.1 Å². The van der Waals surface area contributed by atoms with Crippen LogP contribution < -0.4 is 0 Å². The van der Waals surface area contributed by atoms with Crippen molar-refractivity contribution < 1.29 is 19.8 Å². The maximum absolute atomic E-state index is 11.6. The maximum Gasteiger partial charge on any atom is 0.407 e. The smallest absolute Gasteiger partial charge is 0.407 e. The minimum atomic E-state index is -1.04. The van der Waals surface area contributed by atoms with Crippen LogP contribution in [0.15, 0.2) is 30.3 Å². The molecule has 19 heavy (non-hydrogen) atoms. The van der Waals surface area contributed by atoms with Gasteiger partial charge < -0.3 is 15.1 Å². The molecule has 1 fully saturated rings. The number of amides is 1. The molecule has 1 aromatic carbocycles. The van der Waals surface area contributed by atoms with Crippen molar-refractivity contribution in [2.75, 3.05) is 13.1 Å². The second-order valence-corrected chi connectivity index (χ2v) is 5.06. The summed E-state index contributed by atoms with van der Waals surface area (Å²) in [5.41, 5.74) is -0.0741. The van der Waals surface area contributed by atoms with Gasteiger partial charge in [0.05, 0.1) is 5.41 Å². The van der Waals surface area contributed by atoms with Crippen molar-refractivity contribution in [3.05, 3.63) is 35.9 Å². The van der Waals surface area contributed by atoms with Crippen LogP contribution in [0.3, 0.4) is 0 Å². The molecule has 1 heterocycles. The van der Waals surface area contributed by atoms with Crippen LogP contribution in [0, 0.1) is 5.41 Å². The summed E-state index contributed by atoms with van der Waals surface area (Å²) < 4.78 is 0. The zero-order valence-electron chi connectivity index (χ0n) is 10.6. The average Bonchev–Trinajstić information content (AvgIpc) is 2.40. The van der Waals surface area contributed by atoms with E-state index in [0.717, 1.165) is 5.56 Å². The number of rotatable bonds is 3. The third-order valence-corrected chi connectivity index (χ3v) is 3.69. The van der Waals surface area contributed by atoms with Crippen LogP contribution in [0.1, 0.15) is 18.4 Å². The van der Waals surface area contributed by atoms with Crippen LogP contribution in [0.5, 0.6) is 0 Å². The summed E-state index contributed by atoms with van der Waals surface area (Å²) in [5.74, 6) is -0.915. The van der Waals surface area contributed by atoms with E-state index in [1.807, 2.05) is 30.3 Å². The second-order valence-electron chi connectivity index (χ2n) is 5.06. The van der Waals surface area contributed by atoms with Crippen LogP contribution in [0.2, 0.25) is 0 Å². The predicted molar refractivity (Wildman–Crippen MR) is 69.0 cm³/mol. The molecule has 1 aromatic rings. The molecule has 0 aliphatic carbocycles. The van der Waals surface area contributed by atoms with Crippen molar-refractivity contribution in [2.45, 2.75) is 19.3 Å². The number of nitrogens with zero attached hydrogens (tertiary/aromatic N) is 1. The van der Waals surface area contributed by atoms with Gasteiger partial charge in [0, 0.05) is 13.1 Å². The molecule has 0 aromatic heterocycles. The van der Waals surface area contributed by atoms with Gasteiger partial charge in [-0.05, 0) is 24.8 Å².